The Morgan fingerprint density at radius 1 is 1.11 bits per heavy atom. The molecule has 0 radical (unpaired) electrons. The molecule has 2 fully saturated rings. The Balaban J connectivity index is 2.26. The van der Waals surface area contributed by atoms with Gasteiger partial charge in [-0.1, -0.05) is 27.7 Å². The van der Waals surface area contributed by atoms with Crippen LogP contribution in [0.5, 0.6) is 0 Å². The second-order valence-electron chi connectivity index (χ2n) is 7.07. The van der Waals surface area contributed by atoms with Gasteiger partial charge in [-0.15, -0.1) is 0 Å². The molecule has 0 bridgehead atoms. The first-order valence-electron chi connectivity index (χ1n) is 7.53. The van der Waals surface area contributed by atoms with E-state index in [-0.39, 0.29) is 17.5 Å². The largest absolute Gasteiger partial charge is 0.462 e. The van der Waals surface area contributed by atoms with E-state index in [2.05, 4.69) is 27.7 Å². The lowest BCUT2D eigenvalue weighted by Crippen LogP contribution is -2.53. The van der Waals surface area contributed by atoms with Crippen LogP contribution in [0.4, 0.5) is 0 Å². The predicted molar refractivity (Wildman–Crippen MR) is 73.1 cm³/mol. The Kier molecular flexibility index (Phi) is 3.75. The van der Waals surface area contributed by atoms with Gasteiger partial charge in [-0.2, -0.15) is 0 Å². The zero-order chi connectivity index (χ0) is 13.5. The van der Waals surface area contributed by atoms with Crippen molar-refractivity contribution in [1.29, 1.82) is 0 Å². The number of hydrogen-bond acceptors (Lipinski definition) is 2. The molecule has 0 aromatic carbocycles. The van der Waals surface area contributed by atoms with Crippen LogP contribution in [0.15, 0.2) is 0 Å². The summed E-state index contributed by atoms with van der Waals surface area (Å²) in [5, 5.41) is 0. The van der Waals surface area contributed by atoms with Gasteiger partial charge in [0.25, 0.3) is 0 Å². The summed E-state index contributed by atoms with van der Waals surface area (Å²) in [6.07, 6.45) is 5.13. The van der Waals surface area contributed by atoms with Gasteiger partial charge in [0.2, 0.25) is 0 Å². The van der Waals surface area contributed by atoms with E-state index in [1.807, 2.05) is 0 Å². The minimum atomic E-state index is -0.111. The van der Waals surface area contributed by atoms with Crippen molar-refractivity contribution in [2.75, 3.05) is 0 Å². The van der Waals surface area contributed by atoms with E-state index >= 15 is 0 Å². The zero-order valence-corrected chi connectivity index (χ0v) is 12.5. The van der Waals surface area contributed by atoms with Crippen LogP contribution in [0.25, 0.3) is 0 Å². The van der Waals surface area contributed by atoms with Gasteiger partial charge in [-0.25, -0.2) is 0 Å². The third kappa shape index (κ3) is 2.19. The van der Waals surface area contributed by atoms with Crippen LogP contribution in [0.1, 0.15) is 60.3 Å². The number of fused-ring (bicyclic) bond motifs is 1. The van der Waals surface area contributed by atoms with Crippen molar-refractivity contribution >= 4 is 5.97 Å². The van der Waals surface area contributed by atoms with Gasteiger partial charge < -0.3 is 4.74 Å². The second kappa shape index (κ2) is 4.86. The molecule has 0 spiro atoms. The average molecular weight is 252 g/mol. The summed E-state index contributed by atoms with van der Waals surface area (Å²) in [6, 6.07) is 0. The van der Waals surface area contributed by atoms with Crippen molar-refractivity contribution in [3.63, 3.8) is 0 Å². The Hall–Kier alpha value is -0.530. The smallest absolute Gasteiger partial charge is 0.302 e. The lowest BCUT2D eigenvalue weighted by molar-refractivity contribution is -0.177. The lowest BCUT2D eigenvalue weighted by atomic mass is 9.52. The molecule has 5 unspecified atom stereocenters. The number of ether oxygens (including phenoxy) is 1. The number of carbonyl (C=O) groups excluding carboxylic acids is 1. The van der Waals surface area contributed by atoms with E-state index in [4.69, 9.17) is 4.74 Å². The van der Waals surface area contributed by atoms with Crippen molar-refractivity contribution in [3.8, 4) is 0 Å². The molecule has 2 aliphatic rings. The second-order valence-corrected chi connectivity index (χ2v) is 7.07. The molecule has 2 heteroatoms. The normalized spacial score (nSPS) is 48.4. The standard InChI is InChI=1S/C16H28O2/c1-10-8-9-16(5)14(12(10)3)7-6-11(2)15(16)18-13(4)17/h10-12,14-15H,6-9H2,1-5H3/t10?,11-,12?,14?,15?,16?/m0/s1. The third-order valence-electron chi connectivity index (χ3n) is 5.91. The molecule has 18 heavy (non-hydrogen) atoms. The highest BCUT2D eigenvalue weighted by Crippen LogP contribution is 2.56. The minimum absolute atomic E-state index is 0.111. The van der Waals surface area contributed by atoms with Gasteiger partial charge in [-0.05, 0) is 49.4 Å². The summed E-state index contributed by atoms with van der Waals surface area (Å²) in [7, 11) is 0. The van der Waals surface area contributed by atoms with E-state index in [9.17, 15) is 4.79 Å². The maximum absolute atomic E-state index is 11.4. The first-order valence-corrected chi connectivity index (χ1v) is 7.53. The van der Waals surface area contributed by atoms with Crippen LogP contribution in [0.2, 0.25) is 0 Å². The Morgan fingerprint density at radius 3 is 2.39 bits per heavy atom. The van der Waals surface area contributed by atoms with E-state index < -0.39 is 0 Å². The summed E-state index contributed by atoms with van der Waals surface area (Å²) in [6.45, 7) is 10.9. The molecule has 2 rings (SSSR count). The average Bonchev–Trinajstić information content (AvgIpc) is 2.29. The van der Waals surface area contributed by atoms with Crippen molar-refractivity contribution in [2.24, 2.45) is 29.1 Å². The van der Waals surface area contributed by atoms with E-state index in [1.165, 1.54) is 25.7 Å². The molecule has 6 atom stereocenters. The molecule has 2 aliphatic carbocycles. The Labute approximate surface area is 111 Å². The number of carbonyl (C=O) groups is 1. The fourth-order valence-corrected chi connectivity index (χ4v) is 4.60. The first kappa shape index (κ1) is 13.9. The van der Waals surface area contributed by atoms with Crippen LogP contribution in [-0.4, -0.2) is 12.1 Å². The highest BCUT2D eigenvalue weighted by molar-refractivity contribution is 5.66. The van der Waals surface area contributed by atoms with Gasteiger partial charge in [0.1, 0.15) is 6.10 Å². The molecule has 2 saturated carbocycles. The molecular weight excluding hydrogens is 224 g/mol. The first-order chi connectivity index (χ1) is 8.36. The molecule has 104 valence electrons. The summed E-state index contributed by atoms with van der Waals surface area (Å²) < 4.78 is 5.72. The molecule has 2 nitrogen and oxygen atoms in total. The number of esters is 1. The molecule has 0 heterocycles. The number of hydrogen-bond donors (Lipinski definition) is 0. The topological polar surface area (TPSA) is 26.3 Å². The highest BCUT2D eigenvalue weighted by Gasteiger charge is 2.53. The van der Waals surface area contributed by atoms with Crippen molar-refractivity contribution < 1.29 is 9.53 Å². The molecular formula is C16H28O2. The molecule has 0 aromatic rings. The van der Waals surface area contributed by atoms with Crippen molar-refractivity contribution in [1.82, 2.24) is 0 Å². The molecule has 0 aliphatic heterocycles. The monoisotopic (exact) mass is 252 g/mol. The van der Waals surface area contributed by atoms with Gasteiger partial charge in [0.15, 0.2) is 0 Å². The summed E-state index contributed by atoms with van der Waals surface area (Å²) in [5.74, 6) is 2.70. The maximum atomic E-state index is 11.4. The summed E-state index contributed by atoms with van der Waals surface area (Å²) in [5.41, 5.74) is 0.204. The Morgan fingerprint density at radius 2 is 1.78 bits per heavy atom. The van der Waals surface area contributed by atoms with Crippen LogP contribution in [0, 0.1) is 29.1 Å². The molecule has 0 amide bonds. The van der Waals surface area contributed by atoms with E-state index in [0.29, 0.717) is 5.92 Å². The quantitative estimate of drug-likeness (QED) is 0.658. The van der Waals surface area contributed by atoms with E-state index in [1.54, 1.807) is 6.92 Å². The number of rotatable bonds is 1. The third-order valence-corrected chi connectivity index (χ3v) is 5.91. The van der Waals surface area contributed by atoms with Crippen molar-refractivity contribution in [2.45, 2.75) is 66.4 Å². The highest BCUT2D eigenvalue weighted by atomic mass is 16.5. The van der Waals surface area contributed by atoms with Gasteiger partial charge in [0.05, 0.1) is 0 Å². The van der Waals surface area contributed by atoms with Crippen LogP contribution in [0.3, 0.4) is 0 Å². The van der Waals surface area contributed by atoms with Crippen molar-refractivity contribution in [3.05, 3.63) is 0 Å². The SMILES string of the molecule is CC(=O)OC1[C@@H](C)CCC2C(C)C(C)CCC21C. The van der Waals surface area contributed by atoms with Gasteiger partial charge in [0, 0.05) is 12.3 Å². The van der Waals surface area contributed by atoms with Crippen LogP contribution < -0.4 is 0 Å². The molecule has 0 N–H and O–H groups in total. The van der Waals surface area contributed by atoms with Gasteiger partial charge >= 0.3 is 5.97 Å². The molecule has 0 aromatic heterocycles. The fourth-order valence-electron chi connectivity index (χ4n) is 4.60. The summed E-state index contributed by atoms with van der Waals surface area (Å²) >= 11 is 0. The van der Waals surface area contributed by atoms with Crippen LogP contribution >= 0.6 is 0 Å². The minimum Gasteiger partial charge on any atom is -0.462 e. The fraction of sp³-hybridized carbons (Fsp3) is 0.938. The van der Waals surface area contributed by atoms with E-state index in [0.717, 1.165) is 17.8 Å². The van der Waals surface area contributed by atoms with Gasteiger partial charge in [-0.3, -0.25) is 4.79 Å². The maximum Gasteiger partial charge on any atom is 0.302 e. The zero-order valence-electron chi connectivity index (χ0n) is 12.5. The lowest BCUT2D eigenvalue weighted by Gasteiger charge is -2.56. The molecule has 0 saturated heterocycles. The summed E-state index contributed by atoms with van der Waals surface area (Å²) in [4.78, 5) is 11.4. The van der Waals surface area contributed by atoms with Crippen LogP contribution in [-0.2, 0) is 9.53 Å². The predicted octanol–water partition coefficient (Wildman–Crippen LogP) is 4.04. The Bertz CT molecular complexity index is 325.